The zero-order chi connectivity index (χ0) is 23.1. The lowest BCUT2D eigenvalue weighted by molar-refractivity contribution is -1.09. The van der Waals surface area contributed by atoms with Crippen LogP contribution in [0.25, 0.3) is 0 Å². The zero-order valence-corrected chi connectivity index (χ0v) is 19.8. The van der Waals surface area contributed by atoms with Gasteiger partial charge in [-0.2, -0.15) is 13.2 Å². The van der Waals surface area contributed by atoms with Crippen LogP contribution in [0.4, 0.5) is 13.2 Å². The van der Waals surface area contributed by atoms with Crippen molar-refractivity contribution < 1.29 is 58.7 Å². The number of rotatable bonds is 9. The van der Waals surface area contributed by atoms with E-state index < -0.39 is 34.7 Å². The van der Waals surface area contributed by atoms with Gasteiger partial charge in [0.1, 0.15) is 31.4 Å². The minimum atomic E-state index is -5.07. The summed E-state index contributed by atoms with van der Waals surface area (Å²) >= 11 is 0. The molecule has 0 aromatic heterocycles. The van der Waals surface area contributed by atoms with Crippen LogP contribution in [0.1, 0.15) is 44.1 Å². The van der Waals surface area contributed by atoms with Gasteiger partial charge < -0.3 is 32.2 Å². The van der Waals surface area contributed by atoms with Crippen molar-refractivity contribution in [3.05, 3.63) is 29.8 Å². The molecule has 1 aliphatic rings. The number of halogens is 4. The van der Waals surface area contributed by atoms with E-state index >= 15 is 0 Å². The molecule has 182 valence electrons. The number of hydrogen-bond donors (Lipinski definition) is 1. The van der Waals surface area contributed by atoms with E-state index in [1.54, 1.807) is 31.2 Å². The van der Waals surface area contributed by atoms with Gasteiger partial charge in [-0.15, -0.1) is 4.65 Å². The van der Waals surface area contributed by atoms with E-state index in [1.165, 1.54) is 7.11 Å². The van der Waals surface area contributed by atoms with Crippen molar-refractivity contribution in [1.29, 1.82) is 0 Å². The number of benzene rings is 1. The second kappa shape index (κ2) is 12.4. The number of hydroxylamine groups is 3. The van der Waals surface area contributed by atoms with Crippen LogP contribution in [0, 0.1) is 0 Å². The van der Waals surface area contributed by atoms with Crippen molar-refractivity contribution in [2.24, 2.45) is 5.73 Å². The minimum Gasteiger partial charge on any atom is -1.00 e. The van der Waals surface area contributed by atoms with Gasteiger partial charge in [-0.3, -0.25) is 9.63 Å². The van der Waals surface area contributed by atoms with Crippen LogP contribution in [0.2, 0.25) is 0 Å². The van der Waals surface area contributed by atoms with Gasteiger partial charge in [0.05, 0.1) is 13.7 Å². The second-order valence-electron chi connectivity index (χ2n) is 7.61. The predicted octanol–water partition coefficient (Wildman–Crippen LogP) is 0.0845. The number of nitrogens with zero attached hydrogens (tertiary/aromatic N) is 1. The molecule has 0 aliphatic carbocycles. The number of esters is 1. The van der Waals surface area contributed by atoms with Gasteiger partial charge in [0.2, 0.25) is 0 Å². The molecule has 1 aliphatic heterocycles. The average molecular weight is 527 g/mol. The van der Waals surface area contributed by atoms with E-state index in [0.717, 1.165) is 12.0 Å². The topological polar surface area (TPSA) is 87.9 Å². The van der Waals surface area contributed by atoms with Gasteiger partial charge >= 0.3 is 18.1 Å². The molecule has 0 saturated carbocycles. The van der Waals surface area contributed by atoms with Crippen molar-refractivity contribution in [1.82, 2.24) is 0 Å². The minimum absolute atomic E-state index is 0. The fourth-order valence-corrected chi connectivity index (χ4v) is 3.86. The molecule has 2 rings (SSSR count). The van der Waals surface area contributed by atoms with Crippen LogP contribution < -0.4 is 27.5 Å². The third-order valence-corrected chi connectivity index (χ3v) is 5.52. The number of carbonyl (C=O) groups excluding carboxylic acids is 2. The summed E-state index contributed by atoms with van der Waals surface area (Å²) in [6.07, 6.45) is -2.70. The Kier molecular flexibility index (Phi) is 10.9. The number of piperidine rings is 1. The molecular weight excluding hydrogens is 497 g/mol. The number of methoxy groups -OCH3 is 1. The highest BCUT2D eigenvalue weighted by Crippen LogP contribution is 2.30. The van der Waals surface area contributed by atoms with E-state index in [4.69, 9.17) is 20.0 Å². The summed E-state index contributed by atoms with van der Waals surface area (Å²) in [6.45, 7) is 2.49. The molecule has 2 atom stereocenters. The third-order valence-electron chi connectivity index (χ3n) is 5.52. The molecule has 0 radical (unpaired) electrons. The summed E-state index contributed by atoms with van der Waals surface area (Å²) < 4.78 is 48.3. The Hall–Kier alpha value is -1.85. The Balaban J connectivity index is 0.00000512. The van der Waals surface area contributed by atoms with Crippen molar-refractivity contribution in [3.8, 4) is 5.75 Å². The summed E-state index contributed by atoms with van der Waals surface area (Å²) in [5.74, 6) is -2.72. The van der Waals surface area contributed by atoms with Crippen molar-refractivity contribution in [2.45, 2.75) is 50.7 Å². The Bertz CT molecular complexity index is 740. The van der Waals surface area contributed by atoms with Crippen molar-refractivity contribution in [3.63, 3.8) is 0 Å². The van der Waals surface area contributed by atoms with E-state index in [2.05, 4.69) is 0 Å². The molecule has 1 aromatic carbocycles. The van der Waals surface area contributed by atoms with E-state index in [0.29, 0.717) is 18.6 Å². The first-order valence-corrected chi connectivity index (χ1v) is 10.3. The normalized spacial score (nSPS) is 17.4. The molecule has 1 heterocycles. The Labute approximate surface area is 196 Å². The number of alkyl halides is 3. The highest BCUT2D eigenvalue weighted by Gasteiger charge is 2.48. The summed E-state index contributed by atoms with van der Waals surface area (Å²) in [5, 5.41) is 0. The molecule has 32 heavy (non-hydrogen) atoms. The van der Waals surface area contributed by atoms with E-state index in [1.807, 2.05) is 0 Å². The number of carbonyl (C=O) groups is 2. The molecule has 1 saturated heterocycles. The molecular formula is C21H30BrF3N2O5. The second-order valence-corrected chi connectivity index (χ2v) is 7.61. The molecule has 1 fully saturated rings. The fraction of sp³-hybridized carbons (Fsp3) is 0.619. The number of likely N-dealkylation sites (tertiary alicyclic amines) is 1. The summed E-state index contributed by atoms with van der Waals surface area (Å²) in [4.78, 5) is 28.8. The van der Waals surface area contributed by atoms with Gasteiger partial charge in [-0.25, -0.2) is 4.79 Å². The molecule has 2 unspecified atom stereocenters. The lowest BCUT2D eigenvalue weighted by atomic mass is 9.88. The first-order chi connectivity index (χ1) is 14.6. The number of nitrogens with two attached hydrogens (primary N) is 1. The largest absolute Gasteiger partial charge is 1.00 e. The summed E-state index contributed by atoms with van der Waals surface area (Å²) in [6, 6.07) is 5.93. The van der Waals surface area contributed by atoms with Crippen LogP contribution in [0.5, 0.6) is 5.75 Å². The number of ether oxygens (including phenoxy) is 2. The first kappa shape index (κ1) is 28.2. The molecule has 0 amide bonds. The molecule has 7 nitrogen and oxygen atoms in total. The Morgan fingerprint density at radius 3 is 2.22 bits per heavy atom. The smallest absolute Gasteiger partial charge is 0.497 e. The van der Waals surface area contributed by atoms with E-state index in [9.17, 15) is 22.8 Å². The van der Waals surface area contributed by atoms with Crippen LogP contribution in [0.3, 0.4) is 0 Å². The van der Waals surface area contributed by atoms with E-state index in [-0.39, 0.29) is 49.6 Å². The van der Waals surface area contributed by atoms with Gasteiger partial charge in [0.15, 0.2) is 0 Å². The lowest BCUT2D eigenvalue weighted by Gasteiger charge is -2.38. The number of hydrogen-bond acceptors (Lipinski definition) is 6. The highest BCUT2D eigenvalue weighted by atomic mass is 79.9. The molecule has 2 N–H and O–H groups in total. The Morgan fingerprint density at radius 1 is 1.12 bits per heavy atom. The Morgan fingerprint density at radius 2 is 1.72 bits per heavy atom. The van der Waals surface area contributed by atoms with Crippen LogP contribution in [0.15, 0.2) is 24.3 Å². The predicted molar refractivity (Wildman–Crippen MR) is 106 cm³/mol. The third kappa shape index (κ3) is 7.63. The fourth-order valence-electron chi connectivity index (χ4n) is 3.86. The SMILES string of the molecule is CCOC(=O)C(N)C(CC[N+]1(OC(=O)C(F)(F)F)CCCCC1)c1ccc(OC)cc1.[Br-]. The maximum atomic E-state index is 12.9. The molecule has 0 spiro atoms. The molecule has 0 bridgehead atoms. The van der Waals surface area contributed by atoms with Crippen molar-refractivity contribution >= 4 is 11.9 Å². The number of quaternary nitrogens is 1. The van der Waals surface area contributed by atoms with Gasteiger partial charge in [0, 0.05) is 25.2 Å². The molecule has 11 heteroatoms. The average Bonchev–Trinajstić information content (AvgIpc) is 2.74. The van der Waals surface area contributed by atoms with Crippen LogP contribution in [-0.4, -0.2) is 62.2 Å². The maximum absolute atomic E-state index is 12.9. The van der Waals surface area contributed by atoms with Gasteiger partial charge in [-0.1, -0.05) is 12.1 Å². The lowest BCUT2D eigenvalue weighted by Crippen LogP contribution is -3.00. The maximum Gasteiger partial charge on any atom is 0.497 e. The van der Waals surface area contributed by atoms with Crippen LogP contribution in [-0.2, 0) is 19.2 Å². The molecule has 1 aromatic rings. The monoisotopic (exact) mass is 526 g/mol. The highest BCUT2D eigenvalue weighted by molar-refractivity contribution is 5.77. The van der Waals surface area contributed by atoms with Crippen molar-refractivity contribution in [2.75, 3.05) is 33.4 Å². The summed E-state index contributed by atoms with van der Waals surface area (Å²) in [7, 11) is 1.52. The summed E-state index contributed by atoms with van der Waals surface area (Å²) in [5.41, 5.74) is 6.90. The quantitative estimate of drug-likeness (QED) is 0.362. The standard InChI is InChI=1S/C21H30F3N2O5.BrH/c1-3-30-19(27)18(25)17(15-7-9-16(29-2)10-8-15)11-14-26(12-5-4-6-13-26)31-20(28)21(22,23)24;/h7-10,17-18H,3-6,11-14,25H2,1-2H3;1H/q+1;/p-1. The van der Waals surface area contributed by atoms with Gasteiger partial charge in [0.25, 0.3) is 0 Å². The zero-order valence-electron chi connectivity index (χ0n) is 18.2. The first-order valence-electron chi connectivity index (χ1n) is 10.3. The van der Waals surface area contributed by atoms with Crippen LogP contribution >= 0.6 is 0 Å². The van der Waals surface area contributed by atoms with Gasteiger partial charge in [-0.05, 0) is 31.0 Å².